The highest BCUT2D eigenvalue weighted by atomic mass is 19.1. The summed E-state index contributed by atoms with van der Waals surface area (Å²) >= 11 is 0. The first-order valence-electron chi connectivity index (χ1n) is 5.94. The van der Waals surface area contributed by atoms with Crippen LogP contribution in [0.25, 0.3) is 0 Å². The van der Waals surface area contributed by atoms with E-state index in [2.05, 4.69) is 4.90 Å². The predicted molar refractivity (Wildman–Crippen MR) is 64.2 cm³/mol. The van der Waals surface area contributed by atoms with Gasteiger partial charge < -0.3 is 4.90 Å². The minimum absolute atomic E-state index is 0.187. The van der Waals surface area contributed by atoms with E-state index in [0.717, 1.165) is 51.1 Å². The van der Waals surface area contributed by atoms with Crippen LogP contribution >= 0.6 is 0 Å². The van der Waals surface area contributed by atoms with Gasteiger partial charge in [0.1, 0.15) is 5.82 Å². The third-order valence-electron chi connectivity index (χ3n) is 3.19. The molecule has 1 aromatic carbocycles. The Morgan fingerprint density at radius 1 is 1.12 bits per heavy atom. The second-order valence-corrected chi connectivity index (χ2v) is 4.36. The maximum atomic E-state index is 12.7. The van der Waals surface area contributed by atoms with Crippen LogP contribution in [-0.2, 0) is 11.2 Å². The van der Waals surface area contributed by atoms with Crippen molar-refractivity contribution in [2.45, 2.75) is 6.42 Å². The molecule has 0 atom stereocenters. The summed E-state index contributed by atoms with van der Waals surface area (Å²) in [5, 5.41) is 0. The first-order valence-corrected chi connectivity index (χ1v) is 5.94. The standard InChI is InChI=1S/C13H17FN2O/c14-13-3-1-12(2-4-13)5-6-15-7-9-16(11-17)10-8-15/h1-4,11H,5-10H2. The van der Waals surface area contributed by atoms with Gasteiger partial charge in [0, 0.05) is 32.7 Å². The average Bonchev–Trinajstić information content (AvgIpc) is 2.39. The Morgan fingerprint density at radius 2 is 1.76 bits per heavy atom. The van der Waals surface area contributed by atoms with Gasteiger partial charge in [0.2, 0.25) is 6.41 Å². The van der Waals surface area contributed by atoms with Gasteiger partial charge in [-0.15, -0.1) is 0 Å². The summed E-state index contributed by atoms with van der Waals surface area (Å²) in [6.07, 6.45) is 1.85. The van der Waals surface area contributed by atoms with Crippen molar-refractivity contribution < 1.29 is 9.18 Å². The Morgan fingerprint density at radius 3 is 2.35 bits per heavy atom. The Hall–Kier alpha value is -1.42. The lowest BCUT2D eigenvalue weighted by Crippen LogP contribution is -2.46. The van der Waals surface area contributed by atoms with Crippen LogP contribution in [0.5, 0.6) is 0 Å². The summed E-state index contributed by atoms with van der Waals surface area (Å²) in [6, 6.07) is 6.66. The number of carbonyl (C=O) groups excluding carboxylic acids is 1. The lowest BCUT2D eigenvalue weighted by molar-refractivity contribution is -0.119. The number of piperazine rings is 1. The van der Waals surface area contributed by atoms with Crippen LogP contribution in [0.1, 0.15) is 5.56 Å². The predicted octanol–water partition coefficient (Wildman–Crippen LogP) is 1.14. The van der Waals surface area contributed by atoms with E-state index in [9.17, 15) is 9.18 Å². The zero-order valence-corrected chi connectivity index (χ0v) is 9.81. The highest BCUT2D eigenvalue weighted by molar-refractivity contribution is 5.47. The monoisotopic (exact) mass is 236 g/mol. The maximum Gasteiger partial charge on any atom is 0.209 e. The topological polar surface area (TPSA) is 23.6 Å². The molecule has 0 bridgehead atoms. The van der Waals surface area contributed by atoms with Gasteiger partial charge in [-0.05, 0) is 24.1 Å². The molecule has 1 saturated heterocycles. The van der Waals surface area contributed by atoms with Gasteiger partial charge in [-0.3, -0.25) is 9.69 Å². The highest BCUT2D eigenvalue weighted by Gasteiger charge is 2.14. The SMILES string of the molecule is O=CN1CCN(CCc2ccc(F)cc2)CC1. The molecule has 1 aliphatic heterocycles. The second-order valence-electron chi connectivity index (χ2n) is 4.36. The molecule has 1 aromatic rings. The summed E-state index contributed by atoms with van der Waals surface area (Å²) in [4.78, 5) is 14.7. The van der Waals surface area contributed by atoms with E-state index in [1.165, 1.54) is 12.1 Å². The molecule has 92 valence electrons. The fourth-order valence-electron chi connectivity index (χ4n) is 2.03. The average molecular weight is 236 g/mol. The lowest BCUT2D eigenvalue weighted by atomic mass is 10.1. The van der Waals surface area contributed by atoms with Crippen LogP contribution in [0.3, 0.4) is 0 Å². The summed E-state index contributed by atoms with van der Waals surface area (Å²) < 4.78 is 12.7. The molecule has 0 spiro atoms. The van der Waals surface area contributed by atoms with Crippen molar-refractivity contribution in [1.29, 1.82) is 0 Å². The third-order valence-corrected chi connectivity index (χ3v) is 3.19. The normalized spacial score (nSPS) is 17.1. The van der Waals surface area contributed by atoms with Crippen molar-refractivity contribution >= 4 is 6.41 Å². The van der Waals surface area contributed by atoms with Crippen LogP contribution in [0, 0.1) is 5.82 Å². The van der Waals surface area contributed by atoms with Crippen molar-refractivity contribution in [3.05, 3.63) is 35.6 Å². The molecule has 0 aromatic heterocycles. The highest BCUT2D eigenvalue weighted by Crippen LogP contribution is 2.06. The molecule has 4 heteroatoms. The third kappa shape index (κ3) is 3.53. The Bertz CT molecular complexity index is 358. The Kier molecular flexibility index (Phi) is 4.09. The molecule has 3 nitrogen and oxygen atoms in total. The van der Waals surface area contributed by atoms with Gasteiger partial charge in [-0.1, -0.05) is 12.1 Å². The summed E-state index contributed by atoms with van der Waals surface area (Å²) in [7, 11) is 0. The number of amides is 1. The smallest absolute Gasteiger partial charge is 0.209 e. The quantitative estimate of drug-likeness (QED) is 0.732. The van der Waals surface area contributed by atoms with Crippen LogP contribution in [0.15, 0.2) is 24.3 Å². The molecule has 0 unspecified atom stereocenters. The molecule has 1 heterocycles. The number of nitrogens with zero attached hydrogens (tertiary/aromatic N) is 2. The molecule has 0 saturated carbocycles. The number of carbonyl (C=O) groups is 1. The van der Waals surface area contributed by atoms with Crippen LogP contribution < -0.4 is 0 Å². The first-order chi connectivity index (χ1) is 8.28. The molecule has 0 radical (unpaired) electrons. The zero-order valence-electron chi connectivity index (χ0n) is 9.81. The minimum Gasteiger partial charge on any atom is -0.343 e. The maximum absolute atomic E-state index is 12.7. The largest absolute Gasteiger partial charge is 0.343 e. The molecule has 1 fully saturated rings. The molecule has 0 N–H and O–H groups in total. The minimum atomic E-state index is -0.187. The van der Waals surface area contributed by atoms with Crippen molar-refractivity contribution in [2.75, 3.05) is 32.7 Å². The zero-order chi connectivity index (χ0) is 12.1. The second kappa shape index (κ2) is 5.77. The Labute approximate surface area is 101 Å². The molecule has 1 aliphatic rings. The van der Waals surface area contributed by atoms with Gasteiger partial charge >= 0.3 is 0 Å². The fraction of sp³-hybridized carbons (Fsp3) is 0.462. The van der Waals surface area contributed by atoms with E-state index in [4.69, 9.17) is 0 Å². The lowest BCUT2D eigenvalue weighted by Gasteiger charge is -2.32. The Balaban J connectivity index is 1.75. The van der Waals surface area contributed by atoms with E-state index in [0.29, 0.717) is 0 Å². The van der Waals surface area contributed by atoms with Gasteiger partial charge in [0.25, 0.3) is 0 Å². The van der Waals surface area contributed by atoms with Gasteiger partial charge in [-0.2, -0.15) is 0 Å². The van der Waals surface area contributed by atoms with Crippen LogP contribution in [0.4, 0.5) is 4.39 Å². The van der Waals surface area contributed by atoms with Crippen molar-refractivity contribution in [3.63, 3.8) is 0 Å². The fourth-order valence-corrected chi connectivity index (χ4v) is 2.03. The van der Waals surface area contributed by atoms with Crippen LogP contribution in [-0.4, -0.2) is 48.9 Å². The number of halogens is 1. The molecule has 17 heavy (non-hydrogen) atoms. The van der Waals surface area contributed by atoms with E-state index in [-0.39, 0.29) is 5.82 Å². The van der Waals surface area contributed by atoms with Gasteiger partial charge in [0.05, 0.1) is 0 Å². The summed E-state index contributed by atoms with van der Waals surface area (Å²) in [5.74, 6) is -0.187. The van der Waals surface area contributed by atoms with Crippen molar-refractivity contribution in [3.8, 4) is 0 Å². The first kappa shape index (κ1) is 12.0. The van der Waals surface area contributed by atoms with Crippen LogP contribution in [0.2, 0.25) is 0 Å². The van der Waals surface area contributed by atoms with Gasteiger partial charge in [0.15, 0.2) is 0 Å². The van der Waals surface area contributed by atoms with E-state index < -0.39 is 0 Å². The van der Waals surface area contributed by atoms with Gasteiger partial charge in [-0.25, -0.2) is 4.39 Å². The molecular weight excluding hydrogens is 219 g/mol. The van der Waals surface area contributed by atoms with Crippen molar-refractivity contribution in [1.82, 2.24) is 9.80 Å². The summed E-state index contributed by atoms with van der Waals surface area (Å²) in [5.41, 5.74) is 1.16. The molecular formula is C13H17FN2O. The summed E-state index contributed by atoms with van der Waals surface area (Å²) in [6.45, 7) is 4.46. The molecule has 0 aliphatic carbocycles. The van der Waals surface area contributed by atoms with Crippen molar-refractivity contribution in [2.24, 2.45) is 0 Å². The van der Waals surface area contributed by atoms with E-state index in [1.54, 1.807) is 4.90 Å². The number of rotatable bonds is 4. The van der Waals surface area contributed by atoms with E-state index in [1.807, 2.05) is 12.1 Å². The number of hydrogen-bond donors (Lipinski definition) is 0. The number of hydrogen-bond acceptors (Lipinski definition) is 2. The van der Waals surface area contributed by atoms with E-state index >= 15 is 0 Å². The molecule has 1 amide bonds. The molecule has 2 rings (SSSR count). The number of benzene rings is 1.